The Kier molecular flexibility index (Phi) is 4.06. The van der Waals surface area contributed by atoms with E-state index >= 15 is 0 Å². The van der Waals surface area contributed by atoms with Crippen LogP contribution in [0.25, 0.3) is 6.08 Å². The molecule has 1 aliphatic rings. The normalized spacial score (nSPS) is 19.2. The van der Waals surface area contributed by atoms with E-state index in [1.807, 2.05) is 0 Å². The Morgan fingerprint density at radius 2 is 2.42 bits per heavy atom. The fraction of sp³-hybridized carbons (Fsp3) is 0.250. The number of hydrogen-bond donors (Lipinski definition) is 1. The van der Waals surface area contributed by atoms with Crippen LogP contribution in [0.1, 0.15) is 19.1 Å². The highest BCUT2D eigenvalue weighted by molar-refractivity contribution is 8.26. The van der Waals surface area contributed by atoms with Crippen molar-refractivity contribution in [1.29, 1.82) is 0 Å². The van der Waals surface area contributed by atoms with Gasteiger partial charge in [0.2, 0.25) is 0 Å². The van der Waals surface area contributed by atoms with Gasteiger partial charge < -0.3 is 9.52 Å². The van der Waals surface area contributed by atoms with E-state index < -0.39 is 12.0 Å². The second-order valence-corrected chi connectivity index (χ2v) is 5.51. The molecular formula is C12H11NO4S2. The van der Waals surface area contributed by atoms with E-state index in [0.29, 0.717) is 17.1 Å². The first kappa shape index (κ1) is 13.8. The second-order valence-electron chi connectivity index (χ2n) is 3.83. The van der Waals surface area contributed by atoms with Gasteiger partial charge in [-0.15, -0.1) is 0 Å². The summed E-state index contributed by atoms with van der Waals surface area (Å²) in [5.41, 5.74) is 0. The minimum absolute atomic E-state index is 0.261. The van der Waals surface area contributed by atoms with Gasteiger partial charge in [0.05, 0.1) is 11.2 Å². The van der Waals surface area contributed by atoms with Crippen molar-refractivity contribution in [2.24, 2.45) is 0 Å². The van der Waals surface area contributed by atoms with Crippen molar-refractivity contribution in [3.8, 4) is 0 Å². The topological polar surface area (TPSA) is 70.8 Å². The van der Waals surface area contributed by atoms with Gasteiger partial charge in [0, 0.05) is 6.08 Å². The zero-order valence-corrected chi connectivity index (χ0v) is 11.7. The first-order valence-electron chi connectivity index (χ1n) is 5.58. The van der Waals surface area contributed by atoms with Crippen LogP contribution in [0, 0.1) is 0 Å². The molecule has 0 spiro atoms. The molecule has 1 aromatic rings. The van der Waals surface area contributed by atoms with Gasteiger partial charge in [-0.1, -0.05) is 30.9 Å². The molecule has 0 aromatic carbocycles. The summed E-state index contributed by atoms with van der Waals surface area (Å²) in [5, 5.41) is 9.11. The summed E-state index contributed by atoms with van der Waals surface area (Å²) in [5.74, 6) is -0.914. The third-order valence-electron chi connectivity index (χ3n) is 2.62. The van der Waals surface area contributed by atoms with Crippen molar-refractivity contribution in [1.82, 2.24) is 4.90 Å². The molecule has 1 fully saturated rings. The van der Waals surface area contributed by atoms with Crippen molar-refractivity contribution in [3.05, 3.63) is 29.1 Å². The number of furan rings is 1. The number of carbonyl (C=O) groups excluding carboxylic acids is 1. The number of carbonyl (C=O) groups is 2. The van der Waals surface area contributed by atoms with Gasteiger partial charge in [-0.05, 0) is 18.6 Å². The van der Waals surface area contributed by atoms with E-state index in [1.54, 1.807) is 25.1 Å². The Morgan fingerprint density at radius 3 is 2.95 bits per heavy atom. The molecule has 19 heavy (non-hydrogen) atoms. The van der Waals surface area contributed by atoms with Crippen LogP contribution in [0.3, 0.4) is 0 Å². The zero-order valence-electron chi connectivity index (χ0n) is 10.0. The molecule has 2 heterocycles. The maximum Gasteiger partial charge on any atom is 0.326 e. The minimum atomic E-state index is -1.06. The van der Waals surface area contributed by atoms with Gasteiger partial charge >= 0.3 is 5.97 Å². The fourth-order valence-corrected chi connectivity index (χ4v) is 3.06. The lowest BCUT2D eigenvalue weighted by molar-refractivity contribution is -0.145. The number of carboxylic acids is 1. The van der Waals surface area contributed by atoms with Gasteiger partial charge in [-0.25, -0.2) is 4.79 Å². The molecular weight excluding hydrogens is 286 g/mol. The number of carboxylic acid groups (broad SMARTS) is 1. The minimum Gasteiger partial charge on any atom is -0.480 e. The van der Waals surface area contributed by atoms with E-state index in [1.165, 1.54) is 6.26 Å². The third-order valence-corrected chi connectivity index (χ3v) is 3.95. The Labute approximate surface area is 119 Å². The van der Waals surface area contributed by atoms with E-state index in [9.17, 15) is 9.59 Å². The molecule has 2 rings (SSSR count). The number of thioether (sulfide) groups is 1. The molecule has 5 nitrogen and oxygen atoms in total. The molecule has 0 aliphatic carbocycles. The Morgan fingerprint density at radius 1 is 1.68 bits per heavy atom. The number of nitrogens with zero attached hydrogens (tertiary/aromatic N) is 1. The van der Waals surface area contributed by atoms with Crippen molar-refractivity contribution in [3.63, 3.8) is 0 Å². The van der Waals surface area contributed by atoms with Crippen molar-refractivity contribution in [2.75, 3.05) is 0 Å². The number of aliphatic carboxylic acids is 1. The highest BCUT2D eigenvalue weighted by Gasteiger charge is 2.39. The summed E-state index contributed by atoms with van der Waals surface area (Å²) >= 11 is 6.17. The maximum atomic E-state index is 12.2. The summed E-state index contributed by atoms with van der Waals surface area (Å²) in [4.78, 5) is 24.8. The summed E-state index contributed by atoms with van der Waals surface area (Å²) in [6.45, 7) is 1.70. The standard InChI is InChI=1S/C12H11NO4S2/c1-2-8(11(15)16)13-10(14)9(19-12(13)18)6-7-4-3-5-17-7/h3-6,8H,2H2,1H3,(H,15,16)/b9-6+/t8-/m1/s1. The first-order valence-corrected chi connectivity index (χ1v) is 6.80. The molecule has 1 aromatic heterocycles. The van der Waals surface area contributed by atoms with Crippen LogP contribution in [-0.4, -0.2) is 32.2 Å². The van der Waals surface area contributed by atoms with Gasteiger partial charge in [0.25, 0.3) is 5.91 Å². The lowest BCUT2D eigenvalue weighted by atomic mass is 10.2. The quantitative estimate of drug-likeness (QED) is 0.679. The molecule has 0 unspecified atom stereocenters. The van der Waals surface area contributed by atoms with Gasteiger partial charge in [0.15, 0.2) is 0 Å². The van der Waals surface area contributed by atoms with Crippen molar-refractivity contribution in [2.45, 2.75) is 19.4 Å². The predicted octanol–water partition coefficient (Wildman–Crippen LogP) is 2.34. The fourth-order valence-electron chi connectivity index (χ4n) is 1.72. The van der Waals surface area contributed by atoms with E-state index in [0.717, 1.165) is 16.7 Å². The van der Waals surface area contributed by atoms with Gasteiger partial charge in [-0.3, -0.25) is 9.69 Å². The summed E-state index contributed by atoms with van der Waals surface area (Å²) in [6.07, 6.45) is 3.36. The van der Waals surface area contributed by atoms with Crippen LogP contribution in [0.5, 0.6) is 0 Å². The van der Waals surface area contributed by atoms with Gasteiger partial charge in [0.1, 0.15) is 16.1 Å². The van der Waals surface area contributed by atoms with Crippen molar-refractivity contribution >= 4 is 46.3 Å². The maximum absolute atomic E-state index is 12.2. The number of amides is 1. The Hall–Kier alpha value is -1.60. The molecule has 7 heteroatoms. The monoisotopic (exact) mass is 297 g/mol. The van der Waals surface area contributed by atoms with Crippen LogP contribution in [0.15, 0.2) is 27.7 Å². The number of hydrogen-bond acceptors (Lipinski definition) is 5. The Bertz CT molecular complexity index is 550. The van der Waals surface area contributed by atoms with E-state index in [4.69, 9.17) is 21.7 Å². The van der Waals surface area contributed by atoms with Crippen LogP contribution in [0.4, 0.5) is 0 Å². The van der Waals surface area contributed by atoms with Crippen LogP contribution >= 0.6 is 24.0 Å². The number of thiocarbonyl (C=S) groups is 1. The summed E-state index contributed by atoms with van der Waals surface area (Å²) in [6, 6.07) is 2.50. The summed E-state index contributed by atoms with van der Waals surface area (Å²) in [7, 11) is 0. The average molecular weight is 297 g/mol. The molecule has 1 atom stereocenters. The first-order chi connectivity index (χ1) is 9.04. The van der Waals surface area contributed by atoms with Crippen LogP contribution in [0.2, 0.25) is 0 Å². The lowest BCUT2D eigenvalue weighted by Crippen LogP contribution is -2.43. The Balaban J connectivity index is 2.28. The third kappa shape index (κ3) is 2.71. The molecule has 0 radical (unpaired) electrons. The highest BCUT2D eigenvalue weighted by Crippen LogP contribution is 2.34. The smallest absolute Gasteiger partial charge is 0.326 e. The highest BCUT2D eigenvalue weighted by atomic mass is 32.2. The summed E-state index contributed by atoms with van der Waals surface area (Å²) < 4.78 is 5.39. The molecule has 100 valence electrons. The molecule has 0 bridgehead atoms. The average Bonchev–Trinajstić information content (AvgIpc) is 2.94. The van der Waals surface area contributed by atoms with E-state index in [2.05, 4.69) is 0 Å². The molecule has 1 N–H and O–H groups in total. The van der Waals surface area contributed by atoms with Gasteiger partial charge in [-0.2, -0.15) is 0 Å². The zero-order chi connectivity index (χ0) is 14.0. The van der Waals surface area contributed by atoms with Crippen LogP contribution in [-0.2, 0) is 9.59 Å². The molecule has 1 amide bonds. The molecule has 0 saturated carbocycles. The predicted molar refractivity (Wildman–Crippen MR) is 75.4 cm³/mol. The number of rotatable bonds is 4. The van der Waals surface area contributed by atoms with Crippen molar-refractivity contribution < 1.29 is 19.1 Å². The lowest BCUT2D eigenvalue weighted by Gasteiger charge is -2.21. The largest absolute Gasteiger partial charge is 0.480 e. The van der Waals surface area contributed by atoms with E-state index in [-0.39, 0.29) is 10.2 Å². The van der Waals surface area contributed by atoms with Crippen LogP contribution < -0.4 is 0 Å². The SMILES string of the molecule is CC[C@H](C(=O)O)N1C(=O)/C(=C\c2ccco2)SC1=S. The second kappa shape index (κ2) is 5.58. The molecule has 1 aliphatic heterocycles. The molecule has 1 saturated heterocycles.